The third-order valence-electron chi connectivity index (χ3n) is 7.52. The standard InChI is InChI=1S/C32H36ClN5O4S/c1-2-3-4-5-20-42-29-21-25(32(39)38-18-16-37(17-19-38)23-26-13-15-34-22-27(26)33)11-12-28(29)36-43(40,41)30-10-6-8-24-9-7-14-35-31(24)30/h6-15,21-22,36H,2-5,16-20,23H2,1H3. The molecule has 11 heteroatoms. The van der Waals surface area contributed by atoms with Gasteiger partial charge in [0.05, 0.1) is 22.8 Å². The van der Waals surface area contributed by atoms with Gasteiger partial charge in [-0.1, -0.05) is 56.0 Å². The van der Waals surface area contributed by atoms with E-state index in [1.165, 1.54) is 6.07 Å². The highest BCUT2D eigenvalue weighted by molar-refractivity contribution is 7.93. The number of amides is 1. The van der Waals surface area contributed by atoms with Crippen LogP contribution in [0.5, 0.6) is 5.75 Å². The van der Waals surface area contributed by atoms with Crippen LogP contribution in [0.15, 0.2) is 78.1 Å². The number of pyridine rings is 2. The lowest BCUT2D eigenvalue weighted by molar-refractivity contribution is 0.0628. The first kappa shape index (κ1) is 30.7. The zero-order valence-corrected chi connectivity index (χ0v) is 25.8. The number of hydrogen-bond acceptors (Lipinski definition) is 7. The lowest BCUT2D eigenvalue weighted by Crippen LogP contribution is -2.48. The summed E-state index contributed by atoms with van der Waals surface area (Å²) in [6.07, 6.45) is 8.96. The number of anilines is 1. The van der Waals surface area contributed by atoms with E-state index in [9.17, 15) is 13.2 Å². The van der Waals surface area contributed by atoms with Gasteiger partial charge in [-0.15, -0.1) is 0 Å². The highest BCUT2D eigenvalue weighted by atomic mass is 35.5. The fraction of sp³-hybridized carbons (Fsp3) is 0.344. The largest absolute Gasteiger partial charge is 0.491 e. The second kappa shape index (κ2) is 14.2. The summed E-state index contributed by atoms with van der Waals surface area (Å²) in [6.45, 7) is 5.80. The first-order valence-electron chi connectivity index (χ1n) is 14.6. The Morgan fingerprint density at radius 3 is 2.60 bits per heavy atom. The van der Waals surface area contributed by atoms with Gasteiger partial charge in [-0.25, -0.2) is 8.42 Å². The van der Waals surface area contributed by atoms with Gasteiger partial charge in [0.2, 0.25) is 0 Å². The van der Waals surface area contributed by atoms with Crippen molar-refractivity contribution in [3.63, 3.8) is 0 Å². The molecule has 2 aromatic heterocycles. The van der Waals surface area contributed by atoms with Crippen molar-refractivity contribution in [3.05, 3.63) is 89.3 Å². The highest BCUT2D eigenvalue weighted by Gasteiger charge is 2.25. The molecular formula is C32H36ClN5O4S. The van der Waals surface area contributed by atoms with E-state index in [1.807, 2.05) is 23.1 Å². The molecular weight excluding hydrogens is 586 g/mol. The van der Waals surface area contributed by atoms with E-state index in [1.54, 1.807) is 48.9 Å². The monoisotopic (exact) mass is 621 g/mol. The molecule has 1 fully saturated rings. The van der Waals surface area contributed by atoms with E-state index in [4.69, 9.17) is 16.3 Å². The average Bonchev–Trinajstić information content (AvgIpc) is 3.02. The third kappa shape index (κ3) is 7.62. The number of benzene rings is 2. The maximum Gasteiger partial charge on any atom is 0.264 e. The number of nitrogens with one attached hydrogen (secondary N) is 1. The van der Waals surface area contributed by atoms with Crippen LogP contribution in [0.4, 0.5) is 5.69 Å². The number of para-hydroxylation sites is 1. The van der Waals surface area contributed by atoms with E-state index in [0.29, 0.717) is 61.2 Å². The van der Waals surface area contributed by atoms with E-state index < -0.39 is 10.0 Å². The molecule has 4 aromatic rings. The SMILES string of the molecule is CCCCCCOc1cc(C(=O)N2CCN(Cc3ccncc3Cl)CC2)ccc1NS(=O)(=O)c1cccc2cccnc12. The second-order valence-electron chi connectivity index (χ2n) is 10.6. The number of carbonyl (C=O) groups is 1. The summed E-state index contributed by atoms with van der Waals surface area (Å²) in [5.74, 6) is 0.204. The van der Waals surface area contributed by atoms with Crippen LogP contribution in [-0.4, -0.2) is 66.9 Å². The first-order chi connectivity index (χ1) is 20.9. The fourth-order valence-electron chi connectivity index (χ4n) is 5.13. The molecule has 1 saturated heterocycles. The molecule has 0 bridgehead atoms. The van der Waals surface area contributed by atoms with Crippen LogP contribution < -0.4 is 9.46 Å². The van der Waals surface area contributed by atoms with E-state index in [2.05, 4.69) is 26.5 Å². The minimum Gasteiger partial charge on any atom is -0.491 e. The molecule has 1 amide bonds. The maximum atomic E-state index is 13.5. The van der Waals surface area contributed by atoms with Gasteiger partial charge in [-0.2, -0.15) is 0 Å². The van der Waals surface area contributed by atoms with Crippen LogP contribution in [0.2, 0.25) is 5.02 Å². The molecule has 0 unspecified atom stereocenters. The molecule has 1 N–H and O–H groups in total. The number of rotatable bonds is 12. The summed E-state index contributed by atoms with van der Waals surface area (Å²) in [4.78, 5) is 26.0. The molecule has 0 spiro atoms. The molecule has 226 valence electrons. The molecule has 1 aliphatic heterocycles. The number of unbranched alkanes of at least 4 members (excludes halogenated alkanes) is 3. The summed E-state index contributed by atoms with van der Waals surface area (Å²) in [6, 6.07) is 15.4. The second-order valence-corrected chi connectivity index (χ2v) is 12.7. The van der Waals surface area contributed by atoms with E-state index >= 15 is 0 Å². The molecule has 5 rings (SSSR count). The summed E-state index contributed by atoms with van der Waals surface area (Å²) in [5.41, 5.74) is 2.12. The minimum absolute atomic E-state index is 0.0746. The van der Waals surface area contributed by atoms with E-state index in [0.717, 1.165) is 36.6 Å². The molecule has 2 aromatic carbocycles. The number of ether oxygens (including phenoxy) is 1. The lowest BCUT2D eigenvalue weighted by Gasteiger charge is -2.35. The molecule has 3 heterocycles. The number of sulfonamides is 1. The minimum atomic E-state index is -4.00. The highest BCUT2D eigenvalue weighted by Crippen LogP contribution is 2.31. The van der Waals surface area contributed by atoms with Crippen LogP contribution >= 0.6 is 11.6 Å². The number of hydrogen-bond donors (Lipinski definition) is 1. The van der Waals surface area contributed by atoms with Gasteiger partial charge < -0.3 is 9.64 Å². The van der Waals surface area contributed by atoms with Crippen LogP contribution in [-0.2, 0) is 16.6 Å². The van der Waals surface area contributed by atoms with Crippen molar-refractivity contribution in [1.29, 1.82) is 0 Å². The zero-order chi connectivity index (χ0) is 30.2. The van der Waals surface area contributed by atoms with Crippen molar-refractivity contribution in [2.24, 2.45) is 0 Å². The number of fused-ring (bicyclic) bond motifs is 1. The summed E-state index contributed by atoms with van der Waals surface area (Å²) < 4.78 is 35.8. The van der Waals surface area contributed by atoms with Gasteiger partial charge >= 0.3 is 0 Å². The smallest absolute Gasteiger partial charge is 0.264 e. The van der Waals surface area contributed by atoms with Gasteiger partial charge in [0.15, 0.2) is 0 Å². The van der Waals surface area contributed by atoms with Gasteiger partial charge in [0.25, 0.3) is 15.9 Å². The summed E-state index contributed by atoms with van der Waals surface area (Å²) in [5, 5.41) is 1.36. The Kier molecular flexibility index (Phi) is 10.1. The normalized spacial score (nSPS) is 14.1. The van der Waals surface area contributed by atoms with Crippen molar-refractivity contribution in [2.75, 3.05) is 37.5 Å². The Hall–Kier alpha value is -3.73. The number of carbonyl (C=O) groups excluding carboxylic acids is 1. The number of nitrogens with zero attached hydrogens (tertiary/aromatic N) is 4. The van der Waals surface area contributed by atoms with Crippen LogP contribution in [0.25, 0.3) is 10.9 Å². The molecule has 0 radical (unpaired) electrons. The predicted octanol–water partition coefficient (Wildman–Crippen LogP) is 6.00. The Labute approximate surface area is 257 Å². The third-order valence-corrected chi connectivity index (χ3v) is 9.26. The number of piperazine rings is 1. The van der Waals surface area contributed by atoms with Gasteiger partial charge in [-0.05, 0) is 48.4 Å². The molecule has 9 nitrogen and oxygen atoms in total. The molecule has 1 aliphatic rings. The van der Waals surface area contributed by atoms with Crippen molar-refractivity contribution >= 4 is 44.1 Å². The maximum absolute atomic E-state index is 13.5. The molecule has 0 saturated carbocycles. The Bertz CT molecular complexity index is 1670. The topological polar surface area (TPSA) is 105 Å². The molecule has 43 heavy (non-hydrogen) atoms. The summed E-state index contributed by atoms with van der Waals surface area (Å²) >= 11 is 6.28. The van der Waals surface area contributed by atoms with Gasteiger partial charge in [0.1, 0.15) is 10.6 Å². The van der Waals surface area contributed by atoms with Crippen molar-refractivity contribution in [1.82, 2.24) is 19.8 Å². The van der Waals surface area contributed by atoms with Crippen LogP contribution in [0.3, 0.4) is 0 Å². The zero-order valence-electron chi connectivity index (χ0n) is 24.2. The van der Waals surface area contributed by atoms with Gasteiger partial charge in [-0.3, -0.25) is 24.4 Å². The van der Waals surface area contributed by atoms with Crippen LogP contribution in [0, 0.1) is 0 Å². The Morgan fingerprint density at radius 1 is 1.00 bits per heavy atom. The first-order valence-corrected chi connectivity index (χ1v) is 16.5. The Morgan fingerprint density at radius 2 is 1.81 bits per heavy atom. The van der Waals surface area contributed by atoms with E-state index in [-0.39, 0.29) is 16.5 Å². The molecule has 0 aliphatic carbocycles. The number of aromatic nitrogens is 2. The van der Waals surface area contributed by atoms with Crippen molar-refractivity contribution in [2.45, 2.75) is 44.0 Å². The summed E-state index contributed by atoms with van der Waals surface area (Å²) in [7, 11) is -4.00. The number of halogens is 1. The average molecular weight is 622 g/mol. The van der Waals surface area contributed by atoms with Crippen molar-refractivity contribution < 1.29 is 17.9 Å². The Balaban J connectivity index is 1.32. The van der Waals surface area contributed by atoms with Crippen molar-refractivity contribution in [3.8, 4) is 5.75 Å². The quantitative estimate of drug-likeness (QED) is 0.193. The lowest BCUT2D eigenvalue weighted by atomic mass is 10.1. The fourth-order valence-corrected chi connectivity index (χ4v) is 6.56. The predicted molar refractivity (Wildman–Crippen MR) is 169 cm³/mol. The van der Waals surface area contributed by atoms with Gasteiger partial charge in [0, 0.05) is 62.3 Å². The molecule has 0 atom stereocenters. The van der Waals surface area contributed by atoms with Crippen LogP contribution in [0.1, 0.15) is 48.5 Å².